The first-order valence-electron chi connectivity index (χ1n) is 13.1. The lowest BCUT2D eigenvalue weighted by atomic mass is 10.0. The first-order chi connectivity index (χ1) is 17.3. The van der Waals surface area contributed by atoms with Crippen molar-refractivity contribution in [1.82, 2.24) is 14.5 Å². The van der Waals surface area contributed by atoms with E-state index in [0.29, 0.717) is 13.1 Å². The summed E-state index contributed by atoms with van der Waals surface area (Å²) in [5.74, 6) is 0.804. The van der Waals surface area contributed by atoms with Crippen molar-refractivity contribution in [3.05, 3.63) is 50.7 Å². The number of likely N-dealkylation sites (tertiary alicyclic amines) is 1. The average Bonchev–Trinajstić information content (AvgIpc) is 3.09. The molecule has 1 fully saturated rings. The SMILES string of the molecule is CCCCN(C(=O)CN1CCCCCC1c1ccc(OC)cc1)c1c(N)n(CC(C)C)c(=O)[nH]c1=O. The van der Waals surface area contributed by atoms with Gasteiger partial charge < -0.3 is 15.4 Å². The molecule has 3 rings (SSSR count). The van der Waals surface area contributed by atoms with E-state index < -0.39 is 11.2 Å². The van der Waals surface area contributed by atoms with E-state index in [1.807, 2.05) is 32.9 Å². The van der Waals surface area contributed by atoms with E-state index in [1.54, 1.807) is 7.11 Å². The minimum atomic E-state index is -0.621. The number of nitrogens with two attached hydrogens (primary N) is 1. The number of hydrogen-bond acceptors (Lipinski definition) is 6. The van der Waals surface area contributed by atoms with Crippen LogP contribution in [-0.4, -0.2) is 47.1 Å². The third-order valence-corrected chi connectivity index (χ3v) is 6.77. The third kappa shape index (κ3) is 6.57. The monoisotopic (exact) mass is 499 g/mol. The molecule has 2 heterocycles. The molecule has 0 saturated carbocycles. The van der Waals surface area contributed by atoms with Gasteiger partial charge >= 0.3 is 5.69 Å². The molecule has 3 N–H and O–H groups in total. The maximum absolute atomic E-state index is 13.8. The molecule has 1 unspecified atom stereocenters. The molecule has 0 spiro atoms. The van der Waals surface area contributed by atoms with E-state index in [4.69, 9.17) is 10.5 Å². The highest BCUT2D eigenvalue weighted by Gasteiger charge is 2.29. The maximum Gasteiger partial charge on any atom is 0.330 e. The number of H-pyrrole nitrogens is 1. The number of aromatic nitrogens is 2. The fourth-order valence-electron chi connectivity index (χ4n) is 4.88. The topological polar surface area (TPSA) is 114 Å². The second kappa shape index (κ2) is 12.8. The average molecular weight is 500 g/mol. The van der Waals surface area contributed by atoms with Gasteiger partial charge in [-0.3, -0.25) is 24.0 Å². The Labute approximate surface area is 213 Å². The van der Waals surface area contributed by atoms with Crippen LogP contribution in [0.1, 0.15) is 70.9 Å². The van der Waals surface area contributed by atoms with Crippen LogP contribution >= 0.6 is 0 Å². The van der Waals surface area contributed by atoms with Crippen LogP contribution in [0, 0.1) is 5.92 Å². The van der Waals surface area contributed by atoms with Gasteiger partial charge in [0.1, 0.15) is 11.6 Å². The lowest BCUT2D eigenvalue weighted by molar-refractivity contribution is -0.120. The minimum absolute atomic E-state index is 0.0458. The molecule has 1 aromatic carbocycles. The Bertz CT molecular complexity index is 1120. The summed E-state index contributed by atoms with van der Waals surface area (Å²) in [5, 5.41) is 0. The van der Waals surface area contributed by atoms with Crippen molar-refractivity contribution in [2.24, 2.45) is 5.92 Å². The highest BCUT2D eigenvalue weighted by Crippen LogP contribution is 2.31. The second-order valence-corrected chi connectivity index (χ2v) is 10.0. The molecule has 1 saturated heterocycles. The van der Waals surface area contributed by atoms with Crippen molar-refractivity contribution < 1.29 is 9.53 Å². The Morgan fingerprint density at radius 2 is 1.92 bits per heavy atom. The molecule has 9 nitrogen and oxygen atoms in total. The second-order valence-electron chi connectivity index (χ2n) is 10.0. The van der Waals surface area contributed by atoms with Crippen molar-refractivity contribution in [2.45, 2.75) is 71.9 Å². The van der Waals surface area contributed by atoms with E-state index in [9.17, 15) is 14.4 Å². The van der Waals surface area contributed by atoms with Crippen LogP contribution < -0.4 is 26.6 Å². The number of carbonyl (C=O) groups excluding carboxylic acids is 1. The molecule has 36 heavy (non-hydrogen) atoms. The lowest BCUT2D eigenvalue weighted by Gasteiger charge is -2.32. The zero-order valence-electron chi connectivity index (χ0n) is 22.1. The Hall–Kier alpha value is -3.07. The van der Waals surface area contributed by atoms with E-state index in [2.05, 4.69) is 22.0 Å². The number of nitrogens with one attached hydrogen (secondary N) is 1. The van der Waals surface area contributed by atoms with Crippen LogP contribution in [0.4, 0.5) is 11.5 Å². The number of hydrogen-bond donors (Lipinski definition) is 2. The smallest absolute Gasteiger partial charge is 0.330 e. The molecule has 1 atom stereocenters. The Morgan fingerprint density at radius 1 is 1.19 bits per heavy atom. The molecule has 0 bridgehead atoms. The number of rotatable bonds is 10. The van der Waals surface area contributed by atoms with E-state index in [-0.39, 0.29) is 35.9 Å². The number of benzene rings is 1. The maximum atomic E-state index is 13.8. The molecule has 1 aromatic heterocycles. The number of aromatic amines is 1. The van der Waals surface area contributed by atoms with E-state index >= 15 is 0 Å². The van der Waals surface area contributed by atoms with Crippen molar-refractivity contribution >= 4 is 17.4 Å². The van der Waals surface area contributed by atoms with Gasteiger partial charge in [-0.25, -0.2) is 4.79 Å². The van der Waals surface area contributed by atoms with Crippen molar-refractivity contribution in [1.29, 1.82) is 0 Å². The predicted octanol–water partition coefficient (Wildman–Crippen LogP) is 3.53. The number of nitrogen functional groups attached to an aromatic ring is 1. The van der Waals surface area contributed by atoms with Crippen LogP contribution in [0.5, 0.6) is 5.75 Å². The molecule has 2 aromatic rings. The summed E-state index contributed by atoms with van der Waals surface area (Å²) in [6.45, 7) is 7.65. The number of methoxy groups -OCH3 is 1. The van der Waals surface area contributed by atoms with E-state index in [1.165, 1.54) is 9.47 Å². The molecule has 198 valence electrons. The van der Waals surface area contributed by atoms with Gasteiger partial charge in [0.25, 0.3) is 5.56 Å². The van der Waals surface area contributed by atoms with Gasteiger partial charge in [-0.15, -0.1) is 0 Å². The summed E-state index contributed by atoms with van der Waals surface area (Å²) in [6, 6.07) is 8.12. The number of carbonyl (C=O) groups is 1. The van der Waals surface area contributed by atoms with Gasteiger partial charge in [-0.05, 0) is 49.4 Å². The van der Waals surface area contributed by atoms with Gasteiger partial charge in [0.15, 0.2) is 5.69 Å². The first kappa shape index (κ1) is 27.5. The summed E-state index contributed by atoms with van der Waals surface area (Å²) >= 11 is 0. The molecule has 0 aliphatic carbocycles. The minimum Gasteiger partial charge on any atom is -0.497 e. The van der Waals surface area contributed by atoms with Gasteiger partial charge in [0, 0.05) is 19.1 Å². The molecular weight excluding hydrogens is 458 g/mol. The first-order valence-corrected chi connectivity index (χ1v) is 13.1. The van der Waals surface area contributed by atoms with Crippen molar-refractivity contribution in [2.75, 3.05) is 37.4 Å². The number of anilines is 2. The molecule has 1 aliphatic rings. The van der Waals surface area contributed by atoms with E-state index in [0.717, 1.165) is 56.4 Å². The van der Waals surface area contributed by atoms with Crippen LogP contribution in [0.3, 0.4) is 0 Å². The summed E-state index contributed by atoms with van der Waals surface area (Å²) in [5.41, 5.74) is 6.42. The quantitative estimate of drug-likeness (QED) is 0.517. The van der Waals surface area contributed by atoms with Crippen LogP contribution in [-0.2, 0) is 11.3 Å². The molecule has 0 radical (unpaired) electrons. The zero-order valence-corrected chi connectivity index (χ0v) is 22.1. The molecule has 9 heteroatoms. The van der Waals surface area contributed by atoms with Crippen LogP contribution in [0.25, 0.3) is 0 Å². The van der Waals surface area contributed by atoms with Gasteiger partial charge in [-0.2, -0.15) is 0 Å². The summed E-state index contributed by atoms with van der Waals surface area (Å²) < 4.78 is 6.67. The number of unbranched alkanes of at least 4 members (excludes halogenated alkanes) is 1. The lowest BCUT2D eigenvalue weighted by Crippen LogP contribution is -2.46. The Balaban J connectivity index is 1.95. The normalized spacial score (nSPS) is 16.6. The summed E-state index contributed by atoms with van der Waals surface area (Å²) in [6.07, 6.45) is 5.74. The molecule has 1 aliphatic heterocycles. The number of amides is 1. The van der Waals surface area contributed by atoms with Crippen molar-refractivity contribution in [3.63, 3.8) is 0 Å². The highest BCUT2D eigenvalue weighted by molar-refractivity contribution is 5.96. The Morgan fingerprint density at radius 3 is 2.56 bits per heavy atom. The molecular formula is C27H41N5O4. The van der Waals surface area contributed by atoms with Gasteiger partial charge in [0.2, 0.25) is 5.91 Å². The van der Waals surface area contributed by atoms with Crippen LogP contribution in [0.2, 0.25) is 0 Å². The fourth-order valence-corrected chi connectivity index (χ4v) is 4.88. The number of ether oxygens (including phenoxy) is 1. The summed E-state index contributed by atoms with van der Waals surface area (Å²) in [7, 11) is 1.65. The van der Waals surface area contributed by atoms with Gasteiger partial charge in [0.05, 0.1) is 13.7 Å². The summed E-state index contributed by atoms with van der Waals surface area (Å²) in [4.78, 5) is 45.3. The van der Waals surface area contributed by atoms with Crippen LogP contribution in [0.15, 0.2) is 33.9 Å². The third-order valence-electron chi connectivity index (χ3n) is 6.77. The Kier molecular flexibility index (Phi) is 9.75. The largest absolute Gasteiger partial charge is 0.497 e. The fraction of sp³-hybridized carbons (Fsp3) is 0.593. The highest BCUT2D eigenvalue weighted by atomic mass is 16.5. The standard InChI is InChI=1S/C27H41N5O4/c1-5-6-16-31(24-25(28)32(17-19(2)3)27(35)29-26(24)34)23(33)18-30-15-9-7-8-10-22(30)20-11-13-21(36-4)14-12-20/h11-14,19,22H,5-10,15-18,28H2,1-4H3,(H,29,34,35). The predicted molar refractivity (Wildman–Crippen MR) is 144 cm³/mol. The zero-order chi connectivity index (χ0) is 26.2. The molecule has 1 amide bonds. The van der Waals surface area contributed by atoms with Gasteiger partial charge in [-0.1, -0.05) is 52.2 Å². The number of nitrogens with zero attached hydrogens (tertiary/aromatic N) is 3. The van der Waals surface area contributed by atoms with Crippen molar-refractivity contribution in [3.8, 4) is 5.75 Å².